The number of carbonyl (C=O) groups excluding carboxylic acids is 1. The van der Waals surface area contributed by atoms with Crippen molar-refractivity contribution in [2.45, 2.75) is 18.9 Å². The first-order chi connectivity index (χ1) is 7.99. The first-order valence-corrected chi connectivity index (χ1v) is 4.83. The van der Waals surface area contributed by atoms with Crippen LogP contribution >= 0.6 is 0 Å². The van der Waals surface area contributed by atoms with Crippen molar-refractivity contribution in [1.29, 1.82) is 0 Å². The molecule has 0 bridgehead atoms. The van der Waals surface area contributed by atoms with Crippen molar-refractivity contribution in [3.8, 4) is 0 Å². The number of anilines is 1. The molecule has 1 heterocycles. The quantitative estimate of drug-likeness (QED) is 0.515. The fourth-order valence-electron chi connectivity index (χ4n) is 1.04. The fraction of sp³-hybridized carbons (Fsp3) is 0.333. The second-order valence-corrected chi connectivity index (χ2v) is 3.33. The number of carboxylic acid groups (broad SMARTS) is 1. The molecule has 92 valence electrons. The lowest BCUT2D eigenvalue weighted by molar-refractivity contribution is -0.137. The van der Waals surface area contributed by atoms with E-state index in [-0.39, 0.29) is 18.7 Å². The molecule has 0 radical (unpaired) electrons. The Labute approximate surface area is 95.8 Å². The van der Waals surface area contributed by atoms with Gasteiger partial charge in [-0.2, -0.15) is 5.10 Å². The standard InChI is InChI=1S/C9H12N4O4/c10-5(1-4-8(15)16)9(17)11-6-2-3-7(14)13-12-6/h2-3,5H,1,4,10H2,(H,13,14)(H,15,16)(H,11,12,17). The molecule has 1 unspecified atom stereocenters. The first-order valence-electron chi connectivity index (χ1n) is 4.83. The third-order valence-electron chi connectivity index (χ3n) is 1.94. The number of carboxylic acids is 1. The van der Waals surface area contributed by atoms with E-state index >= 15 is 0 Å². The topological polar surface area (TPSA) is 138 Å². The molecule has 0 aromatic carbocycles. The molecule has 17 heavy (non-hydrogen) atoms. The zero-order chi connectivity index (χ0) is 12.8. The Balaban J connectivity index is 2.51. The number of H-pyrrole nitrogens is 1. The van der Waals surface area contributed by atoms with Gasteiger partial charge in [0, 0.05) is 12.5 Å². The molecule has 0 aliphatic heterocycles. The molecule has 0 aliphatic carbocycles. The summed E-state index contributed by atoms with van der Waals surface area (Å²) in [6.07, 6.45) is -0.155. The Hall–Kier alpha value is -2.22. The van der Waals surface area contributed by atoms with Gasteiger partial charge in [0.2, 0.25) is 5.91 Å². The minimum Gasteiger partial charge on any atom is -0.481 e. The first kappa shape index (κ1) is 12.8. The molecule has 8 nitrogen and oxygen atoms in total. The summed E-state index contributed by atoms with van der Waals surface area (Å²) in [7, 11) is 0. The lowest BCUT2D eigenvalue weighted by atomic mass is 10.1. The van der Waals surface area contributed by atoms with Crippen LogP contribution in [0.1, 0.15) is 12.8 Å². The van der Waals surface area contributed by atoms with Crippen molar-refractivity contribution in [2.75, 3.05) is 5.32 Å². The zero-order valence-electron chi connectivity index (χ0n) is 8.84. The van der Waals surface area contributed by atoms with Crippen molar-refractivity contribution in [3.63, 3.8) is 0 Å². The second-order valence-electron chi connectivity index (χ2n) is 3.33. The van der Waals surface area contributed by atoms with Crippen molar-refractivity contribution >= 4 is 17.7 Å². The van der Waals surface area contributed by atoms with Crippen LogP contribution in [0.5, 0.6) is 0 Å². The summed E-state index contributed by atoms with van der Waals surface area (Å²) in [6, 6.07) is 1.59. The number of hydrogen-bond donors (Lipinski definition) is 4. The van der Waals surface area contributed by atoms with Crippen LogP contribution in [0.3, 0.4) is 0 Å². The van der Waals surface area contributed by atoms with E-state index in [2.05, 4.69) is 15.5 Å². The summed E-state index contributed by atoms with van der Waals surface area (Å²) in [5.41, 5.74) is 5.08. The highest BCUT2D eigenvalue weighted by Crippen LogP contribution is 2.00. The maximum atomic E-state index is 11.4. The third kappa shape index (κ3) is 4.43. The number of carbonyl (C=O) groups is 2. The number of nitrogens with zero attached hydrogens (tertiary/aromatic N) is 1. The Morgan fingerprint density at radius 1 is 1.53 bits per heavy atom. The van der Waals surface area contributed by atoms with Crippen molar-refractivity contribution in [3.05, 3.63) is 22.5 Å². The maximum Gasteiger partial charge on any atom is 0.303 e. The molecule has 5 N–H and O–H groups in total. The predicted octanol–water partition coefficient (Wildman–Crippen LogP) is -1.10. The lowest BCUT2D eigenvalue weighted by Gasteiger charge is -2.09. The Morgan fingerprint density at radius 3 is 2.76 bits per heavy atom. The van der Waals surface area contributed by atoms with Gasteiger partial charge in [0.25, 0.3) is 5.56 Å². The van der Waals surface area contributed by atoms with Crippen LogP contribution in [-0.2, 0) is 9.59 Å². The fourth-order valence-corrected chi connectivity index (χ4v) is 1.04. The van der Waals surface area contributed by atoms with Gasteiger partial charge in [-0.15, -0.1) is 0 Å². The molecule has 1 amide bonds. The minimum absolute atomic E-state index is 0.0323. The summed E-state index contributed by atoms with van der Waals surface area (Å²) in [5.74, 6) is -1.42. The van der Waals surface area contributed by atoms with Crippen molar-refractivity contribution in [2.24, 2.45) is 5.73 Å². The number of hydrogen-bond acceptors (Lipinski definition) is 5. The summed E-state index contributed by atoms with van der Waals surface area (Å²) in [5, 5.41) is 16.5. The van der Waals surface area contributed by atoms with Gasteiger partial charge in [0.1, 0.15) is 0 Å². The average molecular weight is 240 g/mol. The molecule has 0 saturated carbocycles. The van der Waals surface area contributed by atoms with Crippen LogP contribution in [0.15, 0.2) is 16.9 Å². The number of aliphatic carboxylic acids is 1. The van der Waals surface area contributed by atoms with Crippen LogP contribution < -0.4 is 16.6 Å². The maximum absolute atomic E-state index is 11.4. The Bertz CT molecular complexity index is 450. The molecule has 0 fully saturated rings. The van der Waals surface area contributed by atoms with Gasteiger partial charge in [0.05, 0.1) is 6.04 Å². The van der Waals surface area contributed by atoms with Crippen molar-refractivity contribution < 1.29 is 14.7 Å². The van der Waals surface area contributed by atoms with Gasteiger partial charge in [-0.1, -0.05) is 0 Å². The molecule has 0 spiro atoms. The molecular formula is C9H12N4O4. The summed E-state index contributed by atoms with van der Waals surface area (Å²) in [6.45, 7) is 0. The molecule has 1 aromatic rings. The summed E-state index contributed by atoms with van der Waals surface area (Å²) < 4.78 is 0. The lowest BCUT2D eigenvalue weighted by Crippen LogP contribution is -2.36. The van der Waals surface area contributed by atoms with Gasteiger partial charge in [-0.05, 0) is 12.5 Å². The van der Waals surface area contributed by atoms with Gasteiger partial charge in [-0.25, -0.2) is 5.10 Å². The van der Waals surface area contributed by atoms with Gasteiger partial charge in [-0.3, -0.25) is 14.4 Å². The monoisotopic (exact) mass is 240 g/mol. The molecule has 1 rings (SSSR count). The zero-order valence-corrected chi connectivity index (χ0v) is 8.84. The molecule has 0 aliphatic rings. The van der Waals surface area contributed by atoms with E-state index in [1.54, 1.807) is 0 Å². The number of rotatable bonds is 5. The van der Waals surface area contributed by atoms with Gasteiger partial charge >= 0.3 is 5.97 Å². The van der Waals surface area contributed by atoms with Crippen LogP contribution in [-0.4, -0.2) is 33.2 Å². The Morgan fingerprint density at radius 2 is 2.24 bits per heavy atom. The Kier molecular flexibility index (Phi) is 4.35. The molecule has 1 atom stereocenters. The highest BCUT2D eigenvalue weighted by Gasteiger charge is 2.15. The molecule has 0 saturated heterocycles. The summed E-state index contributed by atoms with van der Waals surface area (Å²) in [4.78, 5) is 32.4. The van der Waals surface area contributed by atoms with Crippen molar-refractivity contribution in [1.82, 2.24) is 10.2 Å². The van der Waals surface area contributed by atoms with Crippen LogP contribution in [0, 0.1) is 0 Å². The van der Waals surface area contributed by atoms with E-state index in [9.17, 15) is 14.4 Å². The molecule has 8 heteroatoms. The van der Waals surface area contributed by atoms with Crippen LogP contribution in [0.25, 0.3) is 0 Å². The number of aromatic amines is 1. The van der Waals surface area contributed by atoms with E-state index in [1.165, 1.54) is 12.1 Å². The summed E-state index contributed by atoms with van der Waals surface area (Å²) >= 11 is 0. The number of amides is 1. The van der Waals surface area contributed by atoms with Crippen LogP contribution in [0.4, 0.5) is 5.82 Å². The highest BCUT2D eigenvalue weighted by atomic mass is 16.4. The highest BCUT2D eigenvalue weighted by molar-refractivity contribution is 5.93. The SMILES string of the molecule is NC(CCC(=O)O)C(=O)Nc1ccc(=O)[nH]n1. The number of aromatic nitrogens is 2. The minimum atomic E-state index is -1.02. The van der Waals surface area contributed by atoms with E-state index in [1.807, 2.05) is 0 Å². The molecule has 1 aromatic heterocycles. The van der Waals surface area contributed by atoms with Gasteiger partial charge < -0.3 is 16.2 Å². The average Bonchev–Trinajstić information content (AvgIpc) is 2.28. The predicted molar refractivity (Wildman–Crippen MR) is 58.3 cm³/mol. The normalized spacial score (nSPS) is 11.8. The largest absolute Gasteiger partial charge is 0.481 e. The number of nitrogens with one attached hydrogen (secondary N) is 2. The van der Waals surface area contributed by atoms with E-state index in [0.29, 0.717) is 0 Å². The molecular weight excluding hydrogens is 228 g/mol. The van der Waals surface area contributed by atoms with Gasteiger partial charge in [0.15, 0.2) is 5.82 Å². The second kappa shape index (κ2) is 5.75. The number of nitrogens with two attached hydrogens (primary N) is 1. The third-order valence-corrected chi connectivity index (χ3v) is 1.94. The van der Waals surface area contributed by atoms with E-state index in [4.69, 9.17) is 10.8 Å². The van der Waals surface area contributed by atoms with E-state index < -0.39 is 23.5 Å². The smallest absolute Gasteiger partial charge is 0.303 e. The van der Waals surface area contributed by atoms with E-state index in [0.717, 1.165) is 0 Å². The van der Waals surface area contributed by atoms with Crippen LogP contribution in [0.2, 0.25) is 0 Å².